The number of carbonyl (C=O) groups is 1. The molecule has 7 heteroatoms. The van der Waals surface area contributed by atoms with E-state index in [1.165, 1.54) is 9.80 Å². The largest absolute Gasteiger partial charge is 0.394 e. The van der Waals surface area contributed by atoms with Crippen LogP contribution in [0.4, 0.5) is 0 Å². The topological polar surface area (TPSA) is 107 Å². The van der Waals surface area contributed by atoms with Gasteiger partial charge in [0.05, 0.1) is 6.61 Å². The summed E-state index contributed by atoms with van der Waals surface area (Å²) in [6, 6.07) is 0. The molecule has 4 aliphatic rings. The summed E-state index contributed by atoms with van der Waals surface area (Å²) in [4.78, 5) is 15.7. The van der Waals surface area contributed by atoms with Gasteiger partial charge in [-0.15, -0.1) is 0 Å². The molecule has 0 aliphatic carbocycles. The highest BCUT2D eigenvalue weighted by atomic mass is 16.4. The van der Waals surface area contributed by atoms with Gasteiger partial charge < -0.3 is 20.4 Å². The molecule has 0 saturated carbocycles. The standard InChI is InChI=1S/C18H32N2O5/c1-3-5-17-8-19-10-18(6-4-2,16(17)25)11-20(9-17)15(19)14(24)13(23)12(22)7-21/h12-15,21-24H,3-11H2,1-2H3/p+2/t12-,13-,14+,15?,17?,18?/m0/s1. The molecule has 25 heavy (non-hydrogen) atoms. The maximum Gasteiger partial charge on any atom is 0.242 e. The molecule has 3 atom stereocenters. The lowest BCUT2D eigenvalue weighted by atomic mass is 9.57. The number of Topliss-reactive ketones (excluding diaryl/α,β-unsaturated/α-hetero) is 1. The molecular formula is C18H34N2O5+2. The molecule has 0 aromatic carbocycles. The highest BCUT2D eigenvalue weighted by Crippen LogP contribution is 2.41. The van der Waals surface area contributed by atoms with Crippen LogP contribution in [0, 0.1) is 10.8 Å². The quantitative estimate of drug-likeness (QED) is 0.268. The van der Waals surface area contributed by atoms with Crippen molar-refractivity contribution in [1.29, 1.82) is 0 Å². The molecular weight excluding hydrogens is 324 g/mol. The lowest BCUT2D eigenvalue weighted by Crippen LogP contribution is -3.46. The average molecular weight is 358 g/mol. The van der Waals surface area contributed by atoms with Gasteiger partial charge in [0.25, 0.3) is 0 Å². The molecule has 7 nitrogen and oxygen atoms in total. The number of rotatable bonds is 8. The molecule has 0 aromatic heterocycles. The van der Waals surface area contributed by atoms with Crippen molar-refractivity contribution in [1.82, 2.24) is 0 Å². The van der Waals surface area contributed by atoms with Crippen LogP contribution in [0.3, 0.4) is 0 Å². The van der Waals surface area contributed by atoms with Crippen LogP contribution in [0.1, 0.15) is 39.5 Å². The molecule has 4 saturated heterocycles. The molecule has 144 valence electrons. The number of aliphatic hydroxyl groups is 4. The fraction of sp³-hybridized carbons (Fsp3) is 0.944. The molecule has 0 aromatic rings. The van der Waals surface area contributed by atoms with E-state index < -0.39 is 24.9 Å². The first kappa shape index (κ1) is 19.2. The smallest absolute Gasteiger partial charge is 0.242 e. The minimum absolute atomic E-state index is 0.251. The number of nitrogens with one attached hydrogen (secondary N) is 2. The minimum atomic E-state index is -1.37. The molecule has 0 amide bonds. The fourth-order valence-corrected chi connectivity index (χ4v) is 6.15. The maximum absolute atomic E-state index is 13.4. The Morgan fingerprint density at radius 2 is 1.44 bits per heavy atom. The van der Waals surface area contributed by atoms with Crippen molar-refractivity contribution in [3.05, 3.63) is 0 Å². The first-order valence-electron chi connectivity index (χ1n) is 9.73. The van der Waals surface area contributed by atoms with Crippen LogP contribution in [-0.4, -0.2) is 83.5 Å². The molecule has 0 spiro atoms. The Morgan fingerprint density at radius 1 is 1.00 bits per heavy atom. The molecule has 4 heterocycles. The Morgan fingerprint density at radius 3 is 1.80 bits per heavy atom. The van der Waals surface area contributed by atoms with E-state index >= 15 is 0 Å². The first-order valence-corrected chi connectivity index (χ1v) is 9.73. The second kappa shape index (κ2) is 6.87. The summed E-state index contributed by atoms with van der Waals surface area (Å²) in [5, 5.41) is 39.7. The summed E-state index contributed by atoms with van der Waals surface area (Å²) in [6.07, 6.45) is -0.374. The van der Waals surface area contributed by atoms with Crippen LogP contribution in [0.2, 0.25) is 0 Å². The van der Waals surface area contributed by atoms with Gasteiger partial charge in [-0.2, -0.15) is 0 Å². The predicted molar refractivity (Wildman–Crippen MR) is 90.0 cm³/mol. The molecule has 0 radical (unpaired) electrons. The number of hydrogen-bond acceptors (Lipinski definition) is 5. The van der Waals surface area contributed by atoms with E-state index in [0.29, 0.717) is 32.0 Å². The fourth-order valence-electron chi connectivity index (χ4n) is 6.15. The Kier molecular flexibility index (Phi) is 5.27. The van der Waals surface area contributed by atoms with Crippen LogP contribution in [0.15, 0.2) is 0 Å². The SMILES string of the molecule is CCCC12C[NH+]3CC(CCC)(C[NH+](C1)C3[C@H](O)[C@@H](O)[C@@H](O)CO)C2=O. The predicted octanol–water partition coefficient (Wildman–Crippen LogP) is -3.66. The van der Waals surface area contributed by atoms with E-state index in [0.717, 1.165) is 25.7 Å². The molecule has 0 unspecified atom stereocenters. The summed E-state index contributed by atoms with van der Waals surface area (Å²) in [5.41, 5.74) is -0.607. The normalized spacial score (nSPS) is 43.3. The third-order valence-electron chi connectivity index (χ3n) is 6.83. The number of carbonyl (C=O) groups excluding carboxylic acids is 1. The van der Waals surface area contributed by atoms with Crippen molar-refractivity contribution in [2.24, 2.45) is 10.8 Å². The highest BCUT2D eigenvalue weighted by Gasteiger charge is 2.71. The van der Waals surface area contributed by atoms with Crippen LogP contribution in [0.25, 0.3) is 0 Å². The first-order chi connectivity index (χ1) is 11.8. The molecule has 4 fully saturated rings. The zero-order valence-electron chi connectivity index (χ0n) is 15.4. The van der Waals surface area contributed by atoms with Crippen molar-refractivity contribution in [2.75, 3.05) is 32.8 Å². The van der Waals surface area contributed by atoms with Gasteiger partial charge in [0.1, 0.15) is 49.2 Å². The van der Waals surface area contributed by atoms with Gasteiger partial charge in [-0.3, -0.25) is 14.6 Å². The number of quaternary nitrogens is 2. The Balaban J connectivity index is 1.89. The number of ketones is 1. The van der Waals surface area contributed by atoms with Gasteiger partial charge in [0, 0.05) is 0 Å². The van der Waals surface area contributed by atoms with E-state index in [2.05, 4.69) is 13.8 Å². The summed E-state index contributed by atoms with van der Waals surface area (Å²) in [6.45, 7) is 6.48. The van der Waals surface area contributed by atoms with Crippen molar-refractivity contribution < 1.29 is 35.0 Å². The summed E-state index contributed by atoms with van der Waals surface area (Å²) in [5.74, 6) is 0.431. The van der Waals surface area contributed by atoms with E-state index in [-0.39, 0.29) is 17.0 Å². The lowest BCUT2D eigenvalue weighted by molar-refractivity contribution is -1.17. The van der Waals surface area contributed by atoms with Crippen LogP contribution in [-0.2, 0) is 4.79 Å². The van der Waals surface area contributed by atoms with Gasteiger partial charge in [-0.1, -0.05) is 26.7 Å². The number of aliphatic hydroxyl groups excluding tert-OH is 4. The van der Waals surface area contributed by atoms with Crippen molar-refractivity contribution in [3.8, 4) is 0 Å². The van der Waals surface area contributed by atoms with Crippen molar-refractivity contribution in [2.45, 2.75) is 64.0 Å². The van der Waals surface area contributed by atoms with Crippen molar-refractivity contribution in [3.63, 3.8) is 0 Å². The lowest BCUT2D eigenvalue weighted by Gasteiger charge is -2.61. The van der Waals surface area contributed by atoms with Gasteiger partial charge in [0.2, 0.25) is 6.17 Å². The third-order valence-corrected chi connectivity index (χ3v) is 6.83. The summed E-state index contributed by atoms with van der Waals surface area (Å²) >= 11 is 0. The van der Waals surface area contributed by atoms with Crippen molar-refractivity contribution >= 4 is 5.78 Å². The highest BCUT2D eigenvalue weighted by molar-refractivity contribution is 5.92. The van der Waals surface area contributed by atoms with Crippen LogP contribution in [0.5, 0.6) is 0 Å². The van der Waals surface area contributed by atoms with Gasteiger partial charge in [-0.25, -0.2) is 0 Å². The second-order valence-corrected chi connectivity index (χ2v) is 8.62. The third kappa shape index (κ3) is 2.85. The van der Waals surface area contributed by atoms with Gasteiger partial charge >= 0.3 is 0 Å². The average Bonchev–Trinajstić information content (AvgIpc) is 2.57. The summed E-state index contributed by atoms with van der Waals surface area (Å²) in [7, 11) is 0. The molecule has 4 rings (SSSR count). The molecule has 4 bridgehead atoms. The Hall–Kier alpha value is -0.570. The van der Waals surface area contributed by atoms with Gasteiger partial charge in [0.15, 0.2) is 11.9 Å². The zero-order chi connectivity index (χ0) is 18.4. The second-order valence-electron chi connectivity index (χ2n) is 8.62. The monoisotopic (exact) mass is 358 g/mol. The van der Waals surface area contributed by atoms with Gasteiger partial charge in [-0.05, 0) is 12.8 Å². The molecule has 4 aliphatic heterocycles. The number of hydrogen-bond donors (Lipinski definition) is 6. The Labute approximate surface area is 149 Å². The summed E-state index contributed by atoms with van der Waals surface area (Å²) < 4.78 is 0. The van der Waals surface area contributed by atoms with E-state index in [1.807, 2.05) is 0 Å². The zero-order valence-corrected chi connectivity index (χ0v) is 15.4. The minimum Gasteiger partial charge on any atom is -0.394 e. The van der Waals surface area contributed by atoms with E-state index in [9.17, 15) is 20.1 Å². The Bertz CT molecular complexity index is 470. The maximum atomic E-state index is 13.4. The van der Waals surface area contributed by atoms with E-state index in [4.69, 9.17) is 5.11 Å². The molecule has 6 N–H and O–H groups in total. The van der Waals surface area contributed by atoms with Crippen LogP contribution >= 0.6 is 0 Å². The van der Waals surface area contributed by atoms with Crippen LogP contribution < -0.4 is 9.80 Å². The van der Waals surface area contributed by atoms with E-state index in [1.54, 1.807) is 0 Å². The number of piperidine rings is 2.